The van der Waals surface area contributed by atoms with E-state index in [0.29, 0.717) is 18.2 Å². The fraction of sp³-hybridized carbons (Fsp3) is 0.500. The summed E-state index contributed by atoms with van der Waals surface area (Å²) < 4.78 is 28.9. The molecule has 7 nitrogen and oxygen atoms in total. The van der Waals surface area contributed by atoms with E-state index >= 15 is 0 Å². The Hall–Kier alpha value is -1.32. The van der Waals surface area contributed by atoms with Crippen LogP contribution < -0.4 is 16.8 Å². The second kappa shape index (κ2) is 6.22. The molecule has 1 heterocycles. The largest absolute Gasteiger partial charge is 0.396 e. The summed E-state index contributed by atoms with van der Waals surface area (Å²) in [5.41, 5.74) is 10.8. The molecule has 0 unspecified atom stereocenters. The van der Waals surface area contributed by atoms with Crippen molar-refractivity contribution in [3.8, 4) is 0 Å². The number of amides is 1. The van der Waals surface area contributed by atoms with Crippen LogP contribution in [0.15, 0.2) is 4.90 Å². The smallest absolute Gasteiger partial charge is 0.261 e. The molecular formula is C10H17N3O4S2. The maximum absolute atomic E-state index is 12.0. The van der Waals surface area contributed by atoms with Crippen LogP contribution in [0, 0.1) is 0 Å². The number of carbonyl (C=O) groups is 1. The number of primary amides is 1. The quantitative estimate of drug-likeness (QED) is 0.621. The molecule has 1 aromatic rings. The highest BCUT2D eigenvalue weighted by atomic mass is 32.2. The molecule has 0 atom stereocenters. The number of hydrogen-bond acceptors (Lipinski definition) is 7. The fourth-order valence-corrected chi connectivity index (χ4v) is 3.99. The number of nitrogens with two attached hydrogens (primary N) is 2. The minimum absolute atomic E-state index is 0.0481. The Kier molecular flexibility index (Phi) is 5.15. The summed E-state index contributed by atoms with van der Waals surface area (Å²) in [4.78, 5) is 11.2. The van der Waals surface area contributed by atoms with E-state index in [0.717, 1.165) is 11.3 Å². The van der Waals surface area contributed by atoms with Gasteiger partial charge < -0.3 is 21.5 Å². The van der Waals surface area contributed by atoms with Crippen molar-refractivity contribution in [3.05, 3.63) is 4.88 Å². The molecule has 0 bridgehead atoms. The number of anilines is 2. The third-order valence-corrected chi connectivity index (χ3v) is 5.52. The van der Waals surface area contributed by atoms with Crippen LogP contribution in [-0.2, 0) is 14.6 Å². The first-order chi connectivity index (χ1) is 8.85. The highest BCUT2D eigenvalue weighted by Crippen LogP contribution is 2.39. The number of sulfone groups is 1. The average molecular weight is 307 g/mol. The van der Waals surface area contributed by atoms with Crippen LogP contribution >= 0.6 is 11.3 Å². The van der Waals surface area contributed by atoms with Gasteiger partial charge in [0.1, 0.15) is 14.8 Å². The first-order valence-electron chi connectivity index (χ1n) is 5.52. The normalized spacial score (nSPS) is 11.5. The van der Waals surface area contributed by atoms with Gasteiger partial charge in [0.05, 0.1) is 18.0 Å². The summed E-state index contributed by atoms with van der Waals surface area (Å²) in [6.07, 6.45) is 0. The van der Waals surface area contributed by atoms with Crippen LogP contribution in [-0.4, -0.2) is 40.3 Å². The predicted molar refractivity (Wildman–Crippen MR) is 75.3 cm³/mol. The van der Waals surface area contributed by atoms with E-state index in [1.165, 1.54) is 14.0 Å². The van der Waals surface area contributed by atoms with Gasteiger partial charge in [-0.15, -0.1) is 11.3 Å². The summed E-state index contributed by atoms with van der Waals surface area (Å²) in [5.74, 6) is -0.847. The summed E-state index contributed by atoms with van der Waals surface area (Å²) in [5, 5.41) is 3.22. The van der Waals surface area contributed by atoms with Gasteiger partial charge in [-0.3, -0.25) is 4.79 Å². The van der Waals surface area contributed by atoms with Crippen molar-refractivity contribution in [3.63, 3.8) is 0 Å². The molecular weight excluding hydrogens is 290 g/mol. The highest BCUT2D eigenvalue weighted by Gasteiger charge is 2.27. The van der Waals surface area contributed by atoms with E-state index < -0.39 is 15.7 Å². The number of rotatable bonds is 7. The van der Waals surface area contributed by atoms with E-state index in [2.05, 4.69) is 5.32 Å². The zero-order chi connectivity index (χ0) is 14.6. The van der Waals surface area contributed by atoms with Crippen molar-refractivity contribution in [2.45, 2.75) is 11.8 Å². The van der Waals surface area contributed by atoms with Crippen molar-refractivity contribution >= 4 is 37.8 Å². The van der Waals surface area contributed by atoms with Crippen LogP contribution in [0.2, 0.25) is 0 Å². The van der Waals surface area contributed by atoms with Crippen molar-refractivity contribution in [2.24, 2.45) is 5.73 Å². The van der Waals surface area contributed by atoms with Gasteiger partial charge in [-0.1, -0.05) is 6.92 Å². The molecule has 1 rings (SSSR count). The van der Waals surface area contributed by atoms with Crippen molar-refractivity contribution in [1.29, 1.82) is 0 Å². The number of nitrogens with one attached hydrogen (secondary N) is 1. The Bertz CT molecular complexity index is 566. The van der Waals surface area contributed by atoms with E-state index in [4.69, 9.17) is 16.2 Å². The molecule has 9 heteroatoms. The van der Waals surface area contributed by atoms with Crippen LogP contribution in [0.3, 0.4) is 0 Å². The zero-order valence-corrected chi connectivity index (χ0v) is 12.4. The average Bonchev–Trinajstić information content (AvgIpc) is 2.67. The molecule has 0 aliphatic heterocycles. The molecule has 0 fully saturated rings. The SMILES string of the molecule is CCS(=O)(=O)c1c(NCCOC)sc(C(N)=O)c1N. The molecule has 108 valence electrons. The number of thiophene rings is 1. The number of methoxy groups -OCH3 is 1. The molecule has 0 spiro atoms. The predicted octanol–water partition coefficient (Wildman–Crippen LogP) is 0.281. The second-order valence-corrected chi connectivity index (χ2v) is 6.93. The van der Waals surface area contributed by atoms with E-state index in [9.17, 15) is 13.2 Å². The van der Waals surface area contributed by atoms with Crippen LogP contribution in [0.1, 0.15) is 16.6 Å². The van der Waals surface area contributed by atoms with Gasteiger partial charge in [0.25, 0.3) is 5.91 Å². The number of ether oxygens (including phenoxy) is 1. The van der Waals surface area contributed by atoms with Gasteiger partial charge in [0, 0.05) is 13.7 Å². The first kappa shape index (κ1) is 15.7. The highest BCUT2D eigenvalue weighted by molar-refractivity contribution is 7.91. The fourth-order valence-electron chi connectivity index (χ4n) is 1.45. The number of nitrogen functional groups attached to an aromatic ring is 1. The Morgan fingerprint density at radius 1 is 1.47 bits per heavy atom. The summed E-state index contributed by atoms with van der Waals surface area (Å²) >= 11 is 0.942. The van der Waals surface area contributed by atoms with Gasteiger partial charge in [0.2, 0.25) is 0 Å². The summed E-state index contributed by atoms with van der Waals surface area (Å²) in [6, 6.07) is 0. The maximum atomic E-state index is 12.0. The third-order valence-electron chi connectivity index (χ3n) is 2.41. The molecule has 5 N–H and O–H groups in total. The molecule has 1 amide bonds. The second-order valence-electron chi connectivity index (χ2n) is 3.69. The van der Waals surface area contributed by atoms with Crippen LogP contribution in [0.4, 0.5) is 10.7 Å². The molecule has 19 heavy (non-hydrogen) atoms. The van der Waals surface area contributed by atoms with Crippen LogP contribution in [0.5, 0.6) is 0 Å². The summed E-state index contributed by atoms with van der Waals surface area (Å²) in [7, 11) is -2.00. The molecule has 0 saturated heterocycles. The van der Waals surface area contributed by atoms with E-state index in [1.807, 2.05) is 0 Å². The molecule has 0 aromatic carbocycles. The molecule has 0 saturated carbocycles. The topological polar surface area (TPSA) is 125 Å². The van der Waals surface area contributed by atoms with Gasteiger partial charge in [-0.05, 0) is 0 Å². The first-order valence-corrected chi connectivity index (χ1v) is 7.99. The minimum Gasteiger partial charge on any atom is -0.396 e. The van der Waals surface area contributed by atoms with Crippen molar-refractivity contribution in [2.75, 3.05) is 37.1 Å². The Morgan fingerprint density at radius 2 is 2.11 bits per heavy atom. The van der Waals surface area contributed by atoms with Crippen molar-refractivity contribution in [1.82, 2.24) is 0 Å². The monoisotopic (exact) mass is 307 g/mol. The standard InChI is InChI=1S/C10H17N3O4S2/c1-3-19(15,16)8-6(11)7(9(12)14)18-10(8)13-4-5-17-2/h13H,3-5,11H2,1-2H3,(H2,12,14). The van der Waals surface area contributed by atoms with Crippen molar-refractivity contribution < 1.29 is 17.9 Å². The third kappa shape index (κ3) is 3.37. The molecule has 0 aliphatic rings. The van der Waals surface area contributed by atoms with Gasteiger partial charge in [-0.2, -0.15) is 0 Å². The lowest BCUT2D eigenvalue weighted by Gasteiger charge is -2.07. The van der Waals surface area contributed by atoms with Crippen LogP contribution in [0.25, 0.3) is 0 Å². The summed E-state index contributed by atoms with van der Waals surface area (Å²) in [6.45, 7) is 2.31. The number of hydrogen-bond donors (Lipinski definition) is 3. The Balaban J connectivity index is 3.28. The van der Waals surface area contributed by atoms with E-state index in [1.54, 1.807) is 0 Å². The lowest BCUT2D eigenvalue weighted by atomic mass is 10.4. The lowest BCUT2D eigenvalue weighted by molar-refractivity contribution is 0.100. The zero-order valence-electron chi connectivity index (χ0n) is 10.7. The Morgan fingerprint density at radius 3 is 2.58 bits per heavy atom. The molecule has 0 aliphatic carbocycles. The Labute approximate surface area is 115 Å². The molecule has 0 radical (unpaired) electrons. The van der Waals surface area contributed by atoms with Gasteiger partial charge in [-0.25, -0.2) is 8.42 Å². The maximum Gasteiger partial charge on any atom is 0.261 e. The van der Waals surface area contributed by atoms with Gasteiger partial charge >= 0.3 is 0 Å². The van der Waals surface area contributed by atoms with Gasteiger partial charge in [0.15, 0.2) is 9.84 Å². The minimum atomic E-state index is -3.54. The van der Waals surface area contributed by atoms with E-state index in [-0.39, 0.29) is 21.2 Å². The lowest BCUT2D eigenvalue weighted by Crippen LogP contribution is -2.13. The number of carbonyl (C=O) groups excluding carboxylic acids is 1. The molecule has 1 aromatic heterocycles.